The first-order valence-electron chi connectivity index (χ1n) is 13.0. The van der Waals surface area contributed by atoms with Crippen molar-refractivity contribution in [3.8, 4) is 0 Å². The topological polar surface area (TPSA) is 128 Å². The second-order valence-electron chi connectivity index (χ2n) is 9.68. The Morgan fingerprint density at radius 3 is 2.24 bits per heavy atom. The molecule has 3 N–H and O–H groups in total. The van der Waals surface area contributed by atoms with Crippen molar-refractivity contribution in [2.24, 2.45) is 0 Å². The largest absolute Gasteiger partial charge is 0.481 e. The van der Waals surface area contributed by atoms with Crippen molar-refractivity contribution < 1.29 is 29.0 Å². The zero-order valence-electron chi connectivity index (χ0n) is 22.7. The predicted octanol–water partition coefficient (Wildman–Crippen LogP) is 4.73. The Kier molecular flexibility index (Phi) is 9.46. The molecule has 1 fully saturated rings. The van der Waals surface area contributed by atoms with E-state index in [4.69, 9.17) is 16.3 Å². The number of hydrogen-bond donors (Lipinski definition) is 3. The van der Waals surface area contributed by atoms with E-state index in [2.05, 4.69) is 10.6 Å². The summed E-state index contributed by atoms with van der Waals surface area (Å²) in [4.78, 5) is 53.6. The first-order chi connectivity index (χ1) is 19.6. The van der Waals surface area contributed by atoms with Crippen LogP contribution in [0.15, 0.2) is 66.7 Å². The Labute approximate surface area is 242 Å². The third kappa shape index (κ3) is 7.55. The van der Waals surface area contributed by atoms with Crippen LogP contribution in [0.25, 0.3) is 0 Å². The summed E-state index contributed by atoms with van der Waals surface area (Å²) >= 11 is 6.08. The molecule has 1 saturated heterocycles. The van der Waals surface area contributed by atoms with Crippen LogP contribution in [0.2, 0.25) is 5.02 Å². The van der Waals surface area contributed by atoms with Gasteiger partial charge in [0.1, 0.15) is 0 Å². The summed E-state index contributed by atoms with van der Waals surface area (Å²) in [5, 5.41) is 15.6. The molecule has 3 amide bonds. The number of methoxy groups -OCH3 is 1. The van der Waals surface area contributed by atoms with Gasteiger partial charge >= 0.3 is 12.1 Å². The van der Waals surface area contributed by atoms with Gasteiger partial charge in [-0.1, -0.05) is 47.5 Å². The highest BCUT2D eigenvalue weighted by molar-refractivity contribution is 6.31. The second-order valence-corrected chi connectivity index (χ2v) is 10.1. The van der Waals surface area contributed by atoms with Gasteiger partial charge in [0, 0.05) is 42.3 Å². The van der Waals surface area contributed by atoms with E-state index >= 15 is 0 Å². The summed E-state index contributed by atoms with van der Waals surface area (Å²) in [6, 6.07) is 18.0. The van der Waals surface area contributed by atoms with Gasteiger partial charge in [-0.2, -0.15) is 0 Å². The quantitative estimate of drug-likeness (QED) is 0.352. The molecular weight excluding hydrogens is 548 g/mol. The first kappa shape index (κ1) is 29.4. The molecule has 0 bridgehead atoms. The van der Waals surface area contributed by atoms with E-state index in [1.165, 1.54) is 7.11 Å². The Morgan fingerprint density at radius 2 is 1.61 bits per heavy atom. The number of anilines is 2. The van der Waals surface area contributed by atoms with Gasteiger partial charge in [-0.05, 0) is 48.9 Å². The highest BCUT2D eigenvalue weighted by Crippen LogP contribution is 2.30. The predicted molar refractivity (Wildman–Crippen MR) is 156 cm³/mol. The standard InChI is InChI=1S/C30H31ClN4O6/c1-19-6-8-20(9-7-19)24(18-27(36)37)32-29(39)22-10-11-26(34-12-14-35(15-13-34)30(40)41-2)25(17-22)33-28(38)21-4-3-5-23(31)16-21/h3-11,16-17,24H,12-15,18H2,1-2H3,(H,32,39)(H,33,38)(H,36,37). The maximum absolute atomic E-state index is 13.4. The van der Waals surface area contributed by atoms with Crippen molar-refractivity contribution in [2.45, 2.75) is 19.4 Å². The molecule has 4 rings (SSSR count). The number of carbonyl (C=O) groups excluding carboxylic acids is 3. The average molecular weight is 579 g/mol. The van der Waals surface area contributed by atoms with Crippen LogP contribution in [0.5, 0.6) is 0 Å². The normalized spacial score (nSPS) is 13.7. The lowest BCUT2D eigenvalue weighted by atomic mass is 10.0. The zero-order chi connectivity index (χ0) is 29.5. The highest BCUT2D eigenvalue weighted by Gasteiger charge is 2.25. The van der Waals surface area contributed by atoms with Crippen LogP contribution in [0.4, 0.5) is 16.2 Å². The van der Waals surface area contributed by atoms with Crippen molar-refractivity contribution in [1.82, 2.24) is 10.2 Å². The summed E-state index contributed by atoms with van der Waals surface area (Å²) in [7, 11) is 1.34. The Bertz CT molecular complexity index is 1440. The number of rotatable bonds is 8. The minimum atomic E-state index is -1.05. The average Bonchev–Trinajstić information content (AvgIpc) is 2.96. The maximum Gasteiger partial charge on any atom is 0.409 e. The van der Waals surface area contributed by atoms with Crippen molar-refractivity contribution >= 4 is 46.9 Å². The van der Waals surface area contributed by atoms with Gasteiger partial charge in [0.25, 0.3) is 11.8 Å². The van der Waals surface area contributed by atoms with Crippen LogP contribution >= 0.6 is 11.6 Å². The molecular formula is C30H31ClN4O6. The number of aliphatic carboxylic acids is 1. The van der Waals surface area contributed by atoms with Gasteiger partial charge in [-0.3, -0.25) is 14.4 Å². The minimum absolute atomic E-state index is 0.242. The Morgan fingerprint density at radius 1 is 0.927 bits per heavy atom. The van der Waals surface area contributed by atoms with E-state index in [1.54, 1.807) is 59.5 Å². The Hall–Kier alpha value is -4.57. The van der Waals surface area contributed by atoms with Crippen LogP contribution in [0.3, 0.4) is 0 Å². The monoisotopic (exact) mass is 578 g/mol. The third-order valence-electron chi connectivity index (χ3n) is 6.81. The molecule has 1 aliphatic rings. The van der Waals surface area contributed by atoms with E-state index in [9.17, 15) is 24.3 Å². The fourth-order valence-electron chi connectivity index (χ4n) is 4.60. The van der Waals surface area contributed by atoms with Gasteiger partial charge in [0.05, 0.1) is 30.9 Å². The van der Waals surface area contributed by atoms with Gasteiger partial charge < -0.3 is 30.3 Å². The summed E-state index contributed by atoms with van der Waals surface area (Å²) in [6.07, 6.45) is -0.703. The molecule has 0 aromatic heterocycles. The molecule has 0 radical (unpaired) electrons. The van der Waals surface area contributed by atoms with Crippen molar-refractivity contribution in [2.75, 3.05) is 43.5 Å². The van der Waals surface area contributed by atoms with Crippen LogP contribution < -0.4 is 15.5 Å². The van der Waals surface area contributed by atoms with Gasteiger partial charge in [-0.25, -0.2) is 4.79 Å². The zero-order valence-corrected chi connectivity index (χ0v) is 23.5. The number of carboxylic acid groups (broad SMARTS) is 1. The van der Waals surface area contributed by atoms with E-state index < -0.39 is 29.9 Å². The summed E-state index contributed by atoms with van der Waals surface area (Å²) < 4.78 is 4.82. The van der Waals surface area contributed by atoms with Crippen LogP contribution in [-0.4, -0.2) is 67.2 Å². The number of piperazine rings is 1. The number of benzene rings is 3. The fraction of sp³-hybridized carbons (Fsp3) is 0.267. The number of aryl methyl sites for hydroxylation is 1. The smallest absolute Gasteiger partial charge is 0.409 e. The van der Waals surface area contributed by atoms with Crippen molar-refractivity contribution in [1.29, 1.82) is 0 Å². The maximum atomic E-state index is 13.4. The molecule has 1 aliphatic heterocycles. The van der Waals surface area contributed by atoms with Gasteiger partial charge in [-0.15, -0.1) is 0 Å². The van der Waals surface area contributed by atoms with Crippen LogP contribution in [-0.2, 0) is 9.53 Å². The number of carbonyl (C=O) groups is 4. The van der Waals surface area contributed by atoms with Gasteiger partial charge in [0.2, 0.25) is 0 Å². The molecule has 10 nitrogen and oxygen atoms in total. The number of halogens is 1. The molecule has 11 heteroatoms. The lowest BCUT2D eigenvalue weighted by molar-refractivity contribution is -0.137. The molecule has 1 heterocycles. The van der Waals surface area contributed by atoms with Gasteiger partial charge in [0.15, 0.2) is 0 Å². The SMILES string of the molecule is COC(=O)N1CCN(c2ccc(C(=O)NC(CC(=O)O)c3ccc(C)cc3)cc2NC(=O)c2cccc(Cl)c2)CC1. The summed E-state index contributed by atoms with van der Waals surface area (Å²) in [5.74, 6) is -1.95. The Balaban J connectivity index is 1.62. The van der Waals surface area contributed by atoms with Crippen molar-refractivity contribution in [3.05, 3.63) is 94.0 Å². The van der Waals surface area contributed by atoms with E-state index in [-0.39, 0.29) is 12.0 Å². The van der Waals surface area contributed by atoms with Crippen LogP contribution in [0.1, 0.15) is 44.3 Å². The number of nitrogens with zero attached hydrogens (tertiary/aromatic N) is 2. The number of hydrogen-bond acceptors (Lipinski definition) is 6. The third-order valence-corrected chi connectivity index (χ3v) is 7.05. The number of carboxylic acids is 1. The van der Waals surface area contributed by atoms with Crippen molar-refractivity contribution in [3.63, 3.8) is 0 Å². The molecule has 1 atom stereocenters. The number of amides is 3. The number of nitrogens with one attached hydrogen (secondary N) is 2. The van der Waals surface area contributed by atoms with Crippen LogP contribution in [0, 0.1) is 6.92 Å². The second kappa shape index (κ2) is 13.2. The summed E-state index contributed by atoms with van der Waals surface area (Å²) in [6.45, 7) is 3.72. The lowest BCUT2D eigenvalue weighted by Crippen LogP contribution is -2.49. The van der Waals surface area contributed by atoms with E-state index in [0.717, 1.165) is 5.56 Å². The van der Waals surface area contributed by atoms with E-state index in [1.807, 2.05) is 24.0 Å². The molecule has 3 aromatic carbocycles. The highest BCUT2D eigenvalue weighted by atomic mass is 35.5. The molecule has 41 heavy (non-hydrogen) atoms. The number of ether oxygens (including phenoxy) is 1. The summed E-state index contributed by atoms with van der Waals surface area (Å²) in [5.41, 5.74) is 3.32. The molecule has 0 aliphatic carbocycles. The molecule has 0 spiro atoms. The first-order valence-corrected chi connectivity index (χ1v) is 13.4. The molecule has 214 valence electrons. The van der Waals surface area contributed by atoms with E-state index in [0.29, 0.717) is 53.7 Å². The molecule has 0 saturated carbocycles. The fourth-order valence-corrected chi connectivity index (χ4v) is 4.79. The molecule has 1 unspecified atom stereocenters. The minimum Gasteiger partial charge on any atom is -0.481 e. The lowest BCUT2D eigenvalue weighted by Gasteiger charge is -2.36. The molecule has 3 aromatic rings.